The summed E-state index contributed by atoms with van der Waals surface area (Å²) in [5.41, 5.74) is 1.55. The van der Waals surface area contributed by atoms with Gasteiger partial charge in [-0.25, -0.2) is 0 Å². The van der Waals surface area contributed by atoms with Crippen LogP contribution in [0.4, 0.5) is 0 Å². The number of fused-ring (bicyclic) bond motifs is 1. The quantitative estimate of drug-likeness (QED) is 0.905. The Labute approximate surface area is 148 Å². The molecule has 1 aliphatic heterocycles. The lowest BCUT2D eigenvalue weighted by atomic mass is 9.92. The molecule has 3 rings (SSSR count). The average molecular weight is 342 g/mol. The molecule has 1 fully saturated rings. The van der Waals surface area contributed by atoms with Crippen molar-refractivity contribution in [3.63, 3.8) is 0 Å². The molecule has 1 aromatic heterocycles. The predicted molar refractivity (Wildman–Crippen MR) is 97.2 cm³/mol. The highest BCUT2D eigenvalue weighted by molar-refractivity contribution is 5.83. The zero-order valence-corrected chi connectivity index (χ0v) is 15.1. The van der Waals surface area contributed by atoms with Crippen LogP contribution in [0, 0.1) is 11.3 Å². The Hall–Kier alpha value is -1.98. The first kappa shape index (κ1) is 17.8. The molecule has 134 valence electrons. The van der Waals surface area contributed by atoms with Crippen molar-refractivity contribution >= 4 is 16.8 Å². The number of carbonyl (C=O) groups is 1. The van der Waals surface area contributed by atoms with Crippen LogP contribution in [-0.4, -0.2) is 53.8 Å². The lowest BCUT2D eigenvalue weighted by Crippen LogP contribution is -2.42. The molecular weight excluding hydrogens is 316 g/mol. The van der Waals surface area contributed by atoms with Gasteiger partial charge in [0.15, 0.2) is 0 Å². The van der Waals surface area contributed by atoms with Gasteiger partial charge in [-0.05, 0) is 38.0 Å². The third kappa shape index (κ3) is 3.67. The van der Waals surface area contributed by atoms with Gasteiger partial charge in [0.1, 0.15) is 0 Å². The van der Waals surface area contributed by atoms with E-state index in [9.17, 15) is 9.90 Å². The standard InChI is InChI=1S/C20H26N2O3/c1-20(2,13-25-3)19(24)22-11-15(18(23)12-22)10-14-8-9-21-17-7-5-4-6-16(14)17/h4-9,15,18,23H,10-13H2,1-3H3/t15-,18+/m1/s1. The van der Waals surface area contributed by atoms with E-state index in [1.165, 1.54) is 5.56 Å². The third-order valence-electron chi connectivity index (χ3n) is 5.00. The minimum atomic E-state index is -0.577. The molecule has 5 nitrogen and oxygen atoms in total. The number of aliphatic hydroxyl groups excluding tert-OH is 1. The smallest absolute Gasteiger partial charge is 0.230 e. The van der Waals surface area contributed by atoms with Crippen LogP contribution < -0.4 is 0 Å². The van der Waals surface area contributed by atoms with Crippen LogP contribution >= 0.6 is 0 Å². The van der Waals surface area contributed by atoms with Gasteiger partial charge in [0.25, 0.3) is 0 Å². The summed E-state index contributed by atoms with van der Waals surface area (Å²) in [5, 5.41) is 11.6. The number of methoxy groups -OCH3 is 1. The average Bonchev–Trinajstić information content (AvgIpc) is 2.95. The summed E-state index contributed by atoms with van der Waals surface area (Å²) in [6.45, 7) is 5.10. The van der Waals surface area contributed by atoms with E-state index in [1.807, 2.05) is 44.3 Å². The number of aliphatic hydroxyl groups is 1. The highest BCUT2D eigenvalue weighted by Crippen LogP contribution is 2.28. The molecule has 25 heavy (non-hydrogen) atoms. The second-order valence-corrected chi connectivity index (χ2v) is 7.55. The van der Waals surface area contributed by atoms with Gasteiger partial charge in [0, 0.05) is 37.7 Å². The van der Waals surface area contributed by atoms with E-state index in [1.54, 1.807) is 12.0 Å². The molecule has 0 spiro atoms. The fraction of sp³-hybridized carbons (Fsp3) is 0.500. The number of benzene rings is 1. The first-order valence-corrected chi connectivity index (χ1v) is 8.71. The van der Waals surface area contributed by atoms with Crippen molar-refractivity contribution in [1.29, 1.82) is 0 Å². The molecule has 0 saturated carbocycles. The van der Waals surface area contributed by atoms with Crippen LogP contribution in [0.15, 0.2) is 36.5 Å². The third-order valence-corrected chi connectivity index (χ3v) is 5.00. The normalized spacial score (nSPS) is 21.0. The molecule has 2 heterocycles. The number of pyridine rings is 1. The van der Waals surface area contributed by atoms with Crippen molar-refractivity contribution in [1.82, 2.24) is 9.88 Å². The van der Waals surface area contributed by atoms with Gasteiger partial charge in [-0.1, -0.05) is 18.2 Å². The molecule has 1 aliphatic rings. The summed E-state index contributed by atoms with van der Waals surface area (Å²) in [5.74, 6) is 0.0728. The van der Waals surface area contributed by atoms with E-state index in [0.29, 0.717) is 19.7 Å². The second kappa shape index (κ2) is 7.10. The summed E-state index contributed by atoms with van der Waals surface area (Å²) in [7, 11) is 1.60. The fourth-order valence-corrected chi connectivity index (χ4v) is 3.69. The number of para-hydroxylation sites is 1. The van der Waals surface area contributed by atoms with Gasteiger partial charge < -0.3 is 14.7 Å². The zero-order chi connectivity index (χ0) is 18.0. The number of likely N-dealkylation sites (tertiary alicyclic amines) is 1. The highest BCUT2D eigenvalue weighted by atomic mass is 16.5. The molecule has 1 saturated heterocycles. The lowest BCUT2D eigenvalue weighted by molar-refractivity contribution is -0.142. The molecular formula is C20H26N2O3. The van der Waals surface area contributed by atoms with Crippen LogP contribution in [0.25, 0.3) is 10.9 Å². The SMILES string of the molecule is COCC(C)(C)C(=O)N1C[C@@H](Cc2ccnc3ccccc23)[C@@H](O)C1. The van der Waals surface area contributed by atoms with E-state index in [0.717, 1.165) is 17.3 Å². The number of nitrogens with zero attached hydrogens (tertiary/aromatic N) is 2. The van der Waals surface area contributed by atoms with E-state index in [2.05, 4.69) is 11.1 Å². The maximum atomic E-state index is 12.7. The zero-order valence-electron chi connectivity index (χ0n) is 15.1. The van der Waals surface area contributed by atoms with Crippen LogP contribution in [-0.2, 0) is 16.0 Å². The minimum absolute atomic E-state index is 0.0353. The fourth-order valence-electron chi connectivity index (χ4n) is 3.69. The molecule has 1 N–H and O–H groups in total. The van der Waals surface area contributed by atoms with Crippen molar-refractivity contribution < 1.29 is 14.6 Å². The predicted octanol–water partition coefficient (Wildman–Crippen LogP) is 2.27. The highest BCUT2D eigenvalue weighted by Gasteiger charge is 2.39. The summed E-state index contributed by atoms with van der Waals surface area (Å²) in [4.78, 5) is 18.9. The van der Waals surface area contributed by atoms with Crippen molar-refractivity contribution in [3.8, 4) is 0 Å². The largest absolute Gasteiger partial charge is 0.391 e. The topological polar surface area (TPSA) is 62.7 Å². The second-order valence-electron chi connectivity index (χ2n) is 7.55. The number of aromatic nitrogens is 1. The maximum absolute atomic E-state index is 12.7. The number of amides is 1. The summed E-state index contributed by atoms with van der Waals surface area (Å²) in [6.07, 6.45) is 2.04. The molecule has 0 bridgehead atoms. The molecule has 5 heteroatoms. The molecule has 2 aromatic rings. The van der Waals surface area contributed by atoms with Crippen molar-refractivity contribution in [2.75, 3.05) is 26.8 Å². The van der Waals surface area contributed by atoms with Gasteiger partial charge in [-0.15, -0.1) is 0 Å². The number of ether oxygens (including phenoxy) is 1. The minimum Gasteiger partial charge on any atom is -0.391 e. The first-order valence-electron chi connectivity index (χ1n) is 8.71. The molecule has 0 unspecified atom stereocenters. The van der Waals surface area contributed by atoms with Crippen molar-refractivity contribution in [2.45, 2.75) is 26.4 Å². The number of β-amino-alcohol motifs (C(OH)–C–C–N with tert-alkyl or cyclic N) is 1. The lowest BCUT2D eigenvalue weighted by Gasteiger charge is -2.28. The number of hydrogen-bond acceptors (Lipinski definition) is 4. The van der Waals surface area contributed by atoms with Crippen LogP contribution in [0.2, 0.25) is 0 Å². The summed E-state index contributed by atoms with van der Waals surface area (Å²) < 4.78 is 5.17. The van der Waals surface area contributed by atoms with Gasteiger partial charge in [0.2, 0.25) is 5.91 Å². The van der Waals surface area contributed by atoms with E-state index in [-0.39, 0.29) is 11.8 Å². The van der Waals surface area contributed by atoms with E-state index < -0.39 is 11.5 Å². The van der Waals surface area contributed by atoms with Crippen LogP contribution in [0.5, 0.6) is 0 Å². The molecule has 2 atom stereocenters. The van der Waals surface area contributed by atoms with Gasteiger partial charge in [-0.2, -0.15) is 0 Å². The van der Waals surface area contributed by atoms with Crippen LogP contribution in [0.1, 0.15) is 19.4 Å². The molecule has 0 radical (unpaired) electrons. The molecule has 0 aliphatic carbocycles. The van der Waals surface area contributed by atoms with Gasteiger partial charge in [-0.3, -0.25) is 9.78 Å². The summed E-state index contributed by atoms with van der Waals surface area (Å²) in [6, 6.07) is 10.0. The maximum Gasteiger partial charge on any atom is 0.230 e. The molecule has 1 aromatic carbocycles. The van der Waals surface area contributed by atoms with Crippen LogP contribution in [0.3, 0.4) is 0 Å². The summed E-state index contributed by atoms with van der Waals surface area (Å²) >= 11 is 0. The van der Waals surface area contributed by atoms with E-state index in [4.69, 9.17) is 4.74 Å². The van der Waals surface area contributed by atoms with Gasteiger partial charge >= 0.3 is 0 Å². The number of carbonyl (C=O) groups excluding carboxylic acids is 1. The Morgan fingerprint density at radius 1 is 1.32 bits per heavy atom. The Balaban J connectivity index is 1.75. The number of hydrogen-bond donors (Lipinski definition) is 1. The Bertz CT molecular complexity index is 754. The Morgan fingerprint density at radius 3 is 2.84 bits per heavy atom. The van der Waals surface area contributed by atoms with E-state index >= 15 is 0 Å². The number of rotatable bonds is 5. The first-order chi connectivity index (χ1) is 11.9. The van der Waals surface area contributed by atoms with Crippen molar-refractivity contribution in [3.05, 3.63) is 42.1 Å². The monoisotopic (exact) mass is 342 g/mol. The Morgan fingerprint density at radius 2 is 2.08 bits per heavy atom. The molecule has 1 amide bonds. The van der Waals surface area contributed by atoms with Crippen molar-refractivity contribution in [2.24, 2.45) is 11.3 Å². The Kier molecular flexibility index (Phi) is 5.06. The van der Waals surface area contributed by atoms with Gasteiger partial charge in [0.05, 0.1) is 23.6 Å².